The quantitative estimate of drug-likeness (QED) is 0.536. The summed E-state index contributed by atoms with van der Waals surface area (Å²) in [7, 11) is -2.08. The lowest BCUT2D eigenvalue weighted by Crippen LogP contribution is -2.18. The number of rotatable bonds is 5. The molecule has 0 spiro atoms. The Kier molecular flexibility index (Phi) is 4.11. The predicted molar refractivity (Wildman–Crippen MR) is 69.3 cm³/mol. The van der Waals surface area contributed by atoms with Crippen molar-refractivity contribution in [2.45, 2.75) is 19.6 Å². The third kappa shape index (κ3) is 3.27. The van der Waals surface area contributed by atoms with Gasteiger partial charge < -0.3 is 24.8 Å². The van der Waals surface area contributed by atoms with Gasteiger partial charge in [0, 0.05) is 0 Å². The Morgan fingerprint density at radius 1 is 1.63 bits per heavy atom. The van der Waals surface area contributed by atoms with Crippen LogP contribution >= 0.6 is 8.38 Å². The fraction of sp³-hybridized carbons (Fsp3) is 0.444. The number of H-pyrrole nitrogens is 1. The summed E-state index contributed by atoms with van der Waals surface area (Å²) in [6.45, 7) is 2.14. The van der Waals surface area contributed by atoms with E-state index in [1.807, 2.05) is 0 Å². The van der Waals surface area contributed by atoms with Gasteiger partial charge in [-0.25, -0.2) is 4.98 Å². The molecular weight excluding hydrogens is 273 g/mol. The zero-order valence-electron chi connectivity index (χ0n) is 10.1. The Hall–Kier alpha value is -1.54. The number of ether oxygens (including phenoxy) is 1. The minimum Gasteiger partial charge on any atom is -0.369 e. The normalized spacial score (nSPS) is 13.3. The number of imidazole rings is 1. The van der Waals surface area contributed by atoms with Crippen molar-refractivity contribution < 1.29 is 14.5 Å². The molecule has 1 atom stereocenters. The first-order chi connectivity index (χ1) is 8.97. The second kappa shape index (κ2) is 5.62. The first-order valence-electron chi connectivity index (χ1n) is 5.45. The molecule has 0 saturated carbocycles. The van der Waals surface area contributed by atoms with Crippen molar-refractivity contribution in [3.05, 3.63) is 16.7 Å². The molecule has 1 unspecified atom stereocenters. The molecule has 9 nitrogen and oxygen atoms in total. The number of nitrogens with two attached hydrogens (primary N) is 1. The summed E-state index contributed by atoms with van der Waals surface area (Å²) in [5.74, 6) is 0.0158. The lowest BCUT2D eigenvalue weighted by Gasteiger charge is -2.14. The second-order valence-corrected chi connectivity index (χ2v) is 5.00. The van der Waals surface area contributed by atoms with E-state index in [1.165, 1.54) is 6.33 Å². The number of fused-ring (bicyclic) bond motifs is 1. The second-order valence-electron chi connectivity index (χ2n) is 4.00. The minimum absolute atomic E-state index is 0.0158. The van der Waals surface area contributed by atoms with Crippen LogP contribution in [0, 0.1) is 0 Å². The summed E-state index contributed by atoms with van der Waals surface area (Å²) in [5.41, 5.74) is 5.65. The average molecular weight is 287 g/mol. The zero-order chi connectivity index (χ0) is 14.0. The van der Waals surface area contributed by atoms with E-state index < -0.39 is 13.9 Å². The number of aromatic amines is 1. The molecule has 2 aromatic heterocycles. The maximum atomic E-state index is 11.6. The van der Waals surface area contributed by atoms with Crippen molar-refractivity contribution in [2.75, 3.05) is 12.1 Å². The van der Waals surface area contributed by atoms with Gasteiger partial charge in [-0.1, -0.05) is 0 Å². The monoisotopic (exact) mass is 287 g/mol. The molecule has 0 aliphatic carbocycles. The first-order valence-corrected chi connectivity index (χ1v) is 6.88. The Morgan fingerprint density at radius 2 is 2.37 bits per heavy atom. The van der Waals surface area contributed by atoms with Gasteiger partial charge in [0.1, 0.15) is 6.35 Å². The molecule has 2 aromatic rings. The van der Waals surface area contributed by atoms with Crippen molar-refractivity contribution in [1.82, 2.24) is 19.5 Å². The van der Waals surface area contributed by atoms with Crippen LogP contribution in [0.2, 0.25) is 0 Å². The maximum Gasteiger partial charge on any atom is 0.280 e. The van der Waals surface area contributed by atoms with Crippen LogP contribution in [0.5, 0.6) is 0 Å². The molecule has 2 rings (SSSR count). The first kappa shape index (κ1) is 13.9. The van der Waals surface area contributed by atoms with E-state index in [4.69, 9.17) is 20.3 Å². The van der Waals surface area contributed by atoms with E-state index in [-0.39, 0.29) is 23.9 Å². The third-order valence-electron chi connectivity index (χ3n) is 2.42. The van der Waals surface area contributed by atoms with Crippen molar-refractivity contribution in [3.8, 4) is 0 Å². The molecule has 0 fully saturated rings. The van der Waals surface area contributed by atoms with E-state index in [0.29, 0.717) is 12.2 Å². The molecule has 0 aromatic carbocycles. The largest absolute Gasteiger partial charge is 0.369 e. The smallest absolute Gasteiger partial charge is 0.280 e. The van der Waals surface area contributed by atoms with Crippen LogP contribution in [0.4, 0.5) is 5.95 Å². The Labute approximate surface area is 109 Å². The molecular formula is C9H14N5O4P. The van der Waals surface area contributed by atoms with E-state index in [0.717, 1.165) is 0 Å². The molecule has 0 radical (unpaired) electrons. The molecule has 0 aliphatic heterocycles. The molecule has 2 heterocycles. The van der Waals surface area contributed by atoms with E-state index >= 15 is 0 Å². The molecule has 5 N–H and O–H groups in total. The fourth-order valence-electron chi connectivity index (χ4n) is 1.63. The highest BCUT2D eigenvalue weighted by atomic mass is 31.2. The van der Waals surface area contributed by atoms with Crippen LogP contribution in [0.15, 0.2) is 11.1 Å². The maximum absolute atomic E-state index is 11.6. The van der Waals surface area contributed by atoms with Crippen LogP contribution in [0.1, 0.15) is 6.92 Å². The number of nitrogens with one attached hydrogen (secondary N) is 1. The van der Waals surface area contributed by atoms with E-state index in [9.17, 15) is 4.79 Å². The molecule has 0 aliphatic rings. The molecule has 0 amide bonds. The van der Waals surface area contributed by atoms with E-state index in [2.05, 4.69) is 15.0 Å². The van der Waals surface area contributed by atoms with Crippen LogP contribution in [0.25, 0.3) is 11.2 Å². The highest BCUT2D eigenvalue weighted by Crippen LogP contribution is 2.23. The van der Waals surface area contributed by atoms with Gasteiger partial charge in [0.05, 0.1) is 19.0 Å². The van der Waals surface area contributed by atoms with Gasteiger partial charge in [-0.15, -0.1) is 0 Å². The van der Waals surface area contributed by atoms with Gasteiger partial charge in [-0.05, 0) is 6.92 Å². The number of aromatic nitrogens is 4. The SMILES string of the molecule is CC(Cn1cnc2c(=O)[nH]c(N)nc21)OCP(O)O. The topological polar surface area (TPSA) is 139 Å². The van der Waals surface area contributed by atoms with E-state index in [1.54, 1.807) is 11.5 Å². The van der Waals surface area contributed by atoms with Crippen molar-refractivity contribution in [3.63, 3.8) is 0 Å². The van der Waals surface area contributed by atoms with Gasteiger partial charge in [0.2, 0.25) is 5.95 Å². The molecule has 104 valence electrons. The summed E-state index contributed by atoms with van der Waals surface area (Å²) >= 11 is 0. The number of hydrogen-bond donors (Lipinski definition) is 4. The Bertz CT molecular complexity index is 625. The number of nitrogens with zero attached hydrogens (tertiary/aromatic N) is 3. The standard InChI is InChI=1S/C9H14N5O4P/c1-5(18-4-19(16)17)2-14-3-11-6-7(14)12-9(10)13-8(6)15/h3,5,16-17H,2,4H2,1H3,(H3,10,12,13,15). The third-order valence-corrected chi connectivity index (χ3v) is 2.80. The fourth-order valence-corrected chi connectivity index (χ4v) is 2.02. The van der Waals surface area contributed by atoms with Crippen LogP contribution in [0.3, 0.4) is 0 Å². The van der Waals surface area contributed by atoms with Gasteiger partial charge in [0.25, 0.3) is 5.56 Å². The van der Waals surface area contributed by atoms with Crippen LogP contribution in [-0.4, -0.2) is 41.8 Å². The Morgan fingerprint density at radius 3 is 3.05 bits per heavy atom. The summed E-state index contributed by atoms with van der Waals surface area (Å²) in [4.78, 5) is 39.5. The summed E-state index contributed by atoms with van der Waals surface area (Å²) in [5, 5.41) is 0. The summed E-state index contributed by atoms with van der Waals surface area (Å²) in [6.07, 6.45) is 1.05. The van der Waals surface area contributed by atoms with Gasteiger partial charge in [-0.3, -0.25) is 9.78 Å². The minimum atomic E-state index is -2.08. The van der Waals surface area contributed by atoms with Gasteiger partial charge >= 0.3 is 0 Å². The molecule has 19 heavy (non-hydrogen) atoms. The summed E-state index contributed by atoms with van der Waals surface area (Å²) < 4.78 is 6.85. The van der Waals surface area contributed by atoms with Crippen LogP contribution in [-0.2, 0) is 11.3 Å². The predicted octanol–water partition coefficient (Wildman–Crippen LogP) is -0.639. The number of anilines is 1. The lowest BCUT2D eigenvalue weighted by atomic mass is 10.4. The lowest BCUT2D eigenvalue weighted by molar-refractivity contribution is 0.0822. The van der Waals surface area contributed by atoms with Gasteiger partial charge in [0.15, 0.2) is 19.5 Å². The molecule has 0 saturated heterocycles. The van der Waals surface area contributed by atoms with Crippen molar-refractivity contribution >= 4 is 25.5 Å². The number of hydrogen-bond acceptors (Lipinski definition) is 7. The van der Waals surface area contributed by atoms with Crippen molar-refractivity contribution in [1.29, 1.82) is 0 Å². The average Bonchev–Trinajstić information content (AvgIpc) is 2.70. The number of nitrogen functional groups attached to an aromatic ring is 1. The van der Waals surface area contributed by atoms with Crippen molar-refractivity contribution in [2.24, 2.45) is 0 Å². The Balaban J connectivity index is 2.19. The van der Waals surface area contributed by atoms with Crippen LogP contribution < -0.4 is 11.3 Å². The summed E-state index contributed by atoms with van der Waals surface area (Å²) in [6, 6.07) is 0. The highest BCUT2D eigenvalue weighted by molar-refractivity contribution is 7.44. The van der Waals surface area contributed by atoms with Gasteiger partial charge in [-0.2, -0.15) is 4.98 Å². The highest BCUT2D eigenvalue weighted by Gasteiger charge is 2.12. The molecule has 0 bridgehead atoms. The molecule has 10 heteroatoms. The zero-order valence-corrected chi connectivity index (χ0v) is 11.0.